The summed E-state index contributed by atoms with van der Waals surface area (Å²) in [5, 5.41) is 5.91. The summed E-state index contributed by atoms with van der Waals surface area (Å²) in [5.41, 5.74) is 0.801. The number of ether oxygens (including phenoxy) is 1. The number of urea groups is 1. The van der Waals surface area contributed by atoms with Crippen molar-refractivity contribution in [3.63, 3.8) is 0 Å². The van der Waals surface area contributed by atoms with Crippen molar-refractivity contribution < 1.29 is 14.3 Å². The van der Waals surface area contributed by atoms with Crippen LogP contribution in [-0.4, -0.2) is 37.7 Å². The first-order valence-corrected chi connectivity index (χ1v) is 8.17. The number of benzene rings is 1. The zero-order chi connectivity index (χ0) is 16.2. The fourth-order valence-corrected chi connectivity index (χ4v) is 3.31. The van der Waals surface area contributed by atoms with Crippen LogP contribution in [0.2, 0.25) is 0 Å². The Morgan fingerprint density at radius 1 is 1.22 bits per heavy atom. The minimum atomic E-state index is -0.165. The number of carbonyl (C=O) groups excluding carboxylic acids is 2. The smallest absolute Gasteiger partial charge is 0.315 e. The molecule has 0 aromatic heterocycles. The molecule has 1 atom stereocenters. The molecule has 1 aliphatic heterocycles. The lowest BCUT2D eigenvalue weighted by Gasteiger charge is -2.19. The Morgan fingerprint density at radius 3 is 2.70 bits per heavy atom. The lowest BCUT2D eigenvalue weighted by Crippen LogP contribution is -2.46. The average Bonchev–Trinajstić information content (AvgIpc) is 3.17. The van der Waals surface area contributed by atoms with Gasteiger partial charge in [0.2, 0.25) is 5.91 Å². The van der Waals surface area contributed by atoms with E-state index < -0.39 is 0 Å². The molecule has 0 radical (unpaired) electrons. The predicted octanol–water partition coefficient (Wildman–Crippen LogP) is 2.04. The topological polar surface area (TPSA) is 70.7 Å². The largest absolute Gasteiger partial charge is 0.497 e. The van der Waals surface area contributed by atoms with E-state index in [1.165, 1.54) is 12.8 Å². The molecule has 6 heteroatoms. The molecule has 0 bridgehead atoms. The highest BCUT2D eigenvalue weighted by molar-refractivity contribution is 5.97. The Labute approximate surface area is 136 Å². The van der Waals surface area contributed by atoms with Crippen LogP contribution in [0, 0.1) is 0 Å². The molecule has 3 rings (SSSR count). The van der Waals surface area contributed by atoms with Crippen molar-refractivity contribution in [2.45, 2.75) is 44.2 Å². The molecular formula is C17H23N3O3. The van der Waals surface area contributed by atoms with Gasteiger partial charge in [0.25, 0.3) is 0 Å². The number of nitrogens with one attached hydrogen (secondary N) is 2. The lowest BCUT2D eigenvalue weighted by atomic mass is 10.2. The summed E-state index contributed by atoms with van der Waals surface area (Å²) in [4.78, 5) is 26.0. The lowest BCUT2D eigenvalue weighted by molar-refractivity contribution is -0.117. The molecule has 1 aliphatic carbocycles. The van der Waals surface area contributed by atoms with E-state index in [1.807, 2.05) is 24.3 Å². The highest BCUT2D eigenvalue weighted by Crippen LogP contribution is 2.25. The second kappa shape index (κ2) is 6.89. The van der Waals surface area contributed by atoms with Gasteiger partial charge in [-0.3, -0.25) is 4.79 Å². The third-order valence-electron chi connectivity index (χ3n) is 4.52. The minimum absolute atomic E-state index is 0.0180. The van der Waals surface area contributed by atoms with Gasteiger partial charge in [-0.25, -0.2) is 4.79 Å². The van der Waals surface area contributed by atoms with Crippen molar-refractivity contribution in [3.8, 4) is 5.75 Å². The van der Waals surface area contributed by atoms with Crippen LogP contribution < -0.4 is 20.3 Å². The summed E-state index contributed by atoms with van der Waals surface area (Å²) >= 11 is 0. The molecular weight excluding hydrogens is 294 g/mol. The SMILES string of the molecule is COc1cccc(N2C[C@H](NC(=O)NC3CCCC3)CC2=O)c1. The molecule has 0 unspecified atom stereocenters. The summed E-state index contributed by atoms with van der Waals surface area (Å²) in [6, 6.07) is 7.36. The monoisotopic (exact) mass is 317 g/mol. The van der Waals surface area contributed by atoms with Gasteiger partial charge in [-0.15, -0.1) is 0 Å². The van der Waals surface area contributed by atoms with Crippen molar-refractivity contribution in [1.29, 1.82) is 0 Å². The minimum Gasteiger partial charge on any atom is -0.497 e. The number of carbonyl (C=O) groups is 2. The summed E-state index contributed by atoms with van der Waals surface area (Å²) in [6.45, 7) is 0.490. The van der Waals surface area contributed by atoms with Crippen LogP contribution in [0.5, 0.6) is 5.75 Å². The van der Waals surface area contributed by atoms with Gasteiger partial charge in [0.05, 0.1) is 13.2 Å². The van der Waals surface area contributed by atoms with Crippen LogP contribution in [0.15, 0.2) is 24.3 Å². The van der Waals surface area contributed by atoms with Crippen molar-refractivity contribution in [2.75, 3.05) is 18.6 Å². The van der Waals surface area contributed by atoms with Crippen LogP contribution >= 0.6 is 0 Å². The van der Waals surface area contributed by atoms with Gasteiger partial charge in [0, 0.05) is 30.8 Å². The molecule has 2 fully saturated rings. The maximum atomic E-state index is 12.2. The Kier molecular flexibility index (Phi) is 4.69. The maximum Gasteiger partial charge on any atom is 0.315 e. The molecule has 3 amide bonds. The number of hydrogen-bond donors (Lipinski definition) is 2. The first-order valence-electron chi connectivity index (χ1n) is 8.17. The Bertz CT molecular complexity index is 584. The van der Waals surface area contributed by atoms with E-state index in [0.29, 0.717) is 18.7 Å². The molecule has 0 spiro atoms. The number of hydrogen-bond acceptors (Lipinski definition) is 3. The zero-order valence-electron chi connectivity index (χ0n) is 13.4. The number of rotatable bonds is 4. The molecule has 1 aromatic rings. The van der Waals surface area contributed by atoms with Crippen LogP contribution in [0.1, 0.15) is 32.1 Å². The normalized spacial score (nSPS) is 21.5. The van der Waals surface area contributed by atoms with E-state index in [4.69, 9.17) is 4.74 Å². The molecule has 124 valence electrons. The van der Waals surface area contributed by atoms with Crippen molar-refractivity contribution in [2.24, 2.45) is 0 Å². The van der Waals surface area contributed by atoms with E-state index in [9.17, 15) is 9.59 Å². The van der Waals surface area contributed by atoms with Crippen LogP contribution in [0.4, 0.5) is 10.5 Å². The fraction of sp³-hybridized carbons (Fsp3) is 0.529. The maximum absolute atomic E-state index is 12.2. The van der Waals surface area contributed by atoms with E-state index in [-0.39, 0.29) is 24.0 Å². The molecule has 2 N–H and O–H groups in total. The number of amides is 3. The number of anilines is 1. The van der Waals surface area contributed by atoms with E-state index in [2.05, 4.69) is 10.6 Å². The van der Waals surface area contributed by atoms with Gasteiger partial charge < -0.3 is 20.3 Å². The Morgan fingerprint density at radius 2 is 1.96 bits per heavy atom. The highest BCUT2D eigenvalue weighted by atomic mass is 16.5. The van der Waals surface area contributed by atoms with Gasteiger partial charge in [0.1, 0.15) is 5.75 Å². The van der Waals surface area contributed by atoms with Crippen LogP contribution in [0.3, 0.4) is 0 Å². The summed E-state index contributed by atoms with van der Waals surface area (Å²) < 4.78 is 5.20. The Hall–Kier alpha value is -2.24. The fourth-order valence-electron chi connectivity index (χ4n) is 3.31. The quantitative estimate of drug-likeness (QED) is 0.893. The standard InChI is InChI=1S/C17H23N3O3/c1-23-15-8-4-7-14(10-15)20-11-13(9-16(20)21)19-17(22)18-12-5-2-3-6-12/h4,7-8,10,12-13H,2-3,5-6,9,11H2,1H3,(H2,18,19,22)/t13-/m1/s1. The third-order valence-corrected chi connectivity index (χ3v) is 4.52. The van der Waals surface area contributed by atoms with Gasteiger partial charge in [-0.2, -0.15) is 0 Å². The molecule has 23 heavy (non-hydrogen) atoms. The van der Waals surface area contributed by atoms with E-state index in [1.54, 1.807) is 12.0 Å². The van der Waals surface area contributed by atoms with Gasteiger partial charge in [-0.05, 0) is 25.0 Å². The van der Waals surface area contributed by atoms with E-state index in [0.717, 1.165) is 18.5 Å². The molecule has 1 heterocycles. The van der Waals surface area contributed by atoms with E-state index >= 15 is 0 Å². The van der Waals surface area contributed by atoms with Gasteiger partial charge in [0.15, 0.2) is 0 Å². The summed E-state index contributed by atoms with van der Waals surface area (Å²) in [6.07, 6.45) is 4.78. The first-order chi connectivity index (χ1) is 11.2. The number of methoxy groups -OCH3 is 1. The second-order valence-electron chi connectivity index (χ2n) is 6.21. The summed E-state index contributed by atoms with van der Waals surface area (Å²) in [5.74, 6) is 0.732. The molecule has 6 nitrogen and oxygen atoms in total. The Balaban J connectivity index is 1.57. The molecule has 1 aromatic carbocycles. The van der Waals surface area contributed by atoms with Crippen LogP contribution in [0.25, 0.3) is 0 Å². The second-order valence-corrected chi connectivity index (χ2v) is 6.21. The zero-order valence-corrected chi connectivity index (χ0v) is 13.4. The van der Waals surface area contributed by atoms with Crippen molar-refractivity contribution in [3.05, 3.63) is 24.3 Å². The summed E-state index contributed by atoms with van der Waals surface area (Å²) in [7, 11) is 1.60. The van der Waals surface area contributed by atoms with Crippen LogP contribution in [-0.2, 0) is 4.79 Å². The van der Waals surface area contributed by atoms with Crippen molar-refractivity contribution >= 4 is 17.6 Å². The first kappa shape index (κ1) is 15.6. The highest BCUT2D eigenvalue weighted by Gasteiger charge is 2.32. The average molecular weight is 317 g/mol. The predicted molar refractivity (Wildman–Crippen MR) is 87.7 cm³/mol. The van der Waals surface area contributed by atoms with Crippen molar-refractivity contribution in [1.82, 2.24) is 10.6 Å². The van der Waals surface area contributed by atoms with Gasteiger partial charge in [-0.1, -0.05) is 18.9 Å². The molecule has 2 aliphatic rings. The van der Waals surface area contributed by atoms with Gasteiger partial charge >= 0.3 is 6.03 Å². The third kappa shape index (κ3) is 3.75. The molecule has 1 saturated carbocycles. The number of nitrogens with zero attached hydrogens (tertiary/aromatic N) is 1. The molecule has 1 saturated heterocycles.